The van der Waals surface area contributed by atoms with Gasteiger partial charge >= 0.3 is 6.61 Å². The standard InChI is InChI=1S/C15H16BrF2N3O3/c1-9-20-14(24-21-9)4-2-3-13(22)19-8-10-7-11(16)5-6-12(10)23-15(17)18/h5-7,15H,2-4,8H2,1H3,(H,19,22). The van der Waals surface area contributed by atoms with Gasteiger partial charge in [0.1, 0.15) is 5.75 Å². The van der Waals surface area contributed by atoms with Gasteiger partial charge in [0.25, 0.3) is 0 Å². The van der Waals surface area contributed by atoms with Crippen molar-refractivity contribution in [1.82, 2.24) is 15.5 Å². The van der Waals surface area contributed by atoms with Crippen molar-refractivity contribution in [1.29, 1.82) is 0 Å². The normalized spacial score (nSPS) is 10.9. The number of ether oxygens (including phenoxy) is 1. The van der Waals surface area contributed by atoms with Crippen LogP contribution in [-0.2, 0) is 17.8 Å². The van der Waals surface area contributed by atoms with Crippen LogP contribution in [0.3, 0.4) is 0 Å². The monoisotopic (exact) mass is 403 g/mol. The van der Waals surface area contributed by atoms with Crippen molar-refractivity contribution in [2.75, 3.05) is 0 Å². The Morgan fingerprint density at radius 2 is 2.25 bits per heavy atom. The topological polar surface area (TPSA) is 77.2 Å². The van der Waals surface area contributed by atoms with Gasteiger partial charge in [0.05, 0.1) is 0 Å². The van der Waals surface area contributed by atoms with Gasteiger partial charge in [-0.2, -0.15) is 13.8 Å². The number of hydrogen-bond acceptors (Lipinski definition) is 5. The third-order valence-electron chi connectivity index (χ3n) is 3.08. The number of carbonyl (C=O) groups excluding carboxylic acids is 1. The van der Waals surface area contributed by atoms with Crippen LogP contribution in [0.4, 0.5) is 8.78 Å². The van der Waals surface area contributed by atoms with E-state index in [-0.39, 0.29) is 24.6 Å². The molecule has 0 radical (unpaired) electrons. The second kappa shape index (κ2) is 8.72. The first-order valence-electron chi connectivity index (χ1n) is 7.23. The number of amides is 1. The maximum atomic E-state index is 12.4. The van der Waals surface area contributed by atoms with Gasteiger partial charge in [-0.05, 0) is 31.5 Å². The summed E-state index contributed by atoms with van der Waals surface area (Å²) >= 11 is 3.26. The minimum absolute atomic E-state index is 0.0369. The Morgan fingerprint density at radius 3 is 2.92 bits per heavy atom. The highest BCUT2D eigenvalue weighted by Gasteiger charge is 2.12. The summed E-state index contributed by atoms with van der Waals surface area (Å²) in [5, 5.41) is 6.35. The highest BCUT2D eigenvalue weighted by Crippen LogP contribution is 2.24. The van der Waals surface area contributed by atoms with Crippen molar-refractivity contribution in [3.8, 4) is 5.75 Å². The number of rotatable bonds is 8. The summed E-state index contributed by atoms with van der Waals surface area (Å²) in [6.07, 6.45) is 1.32. The van der Waals surface area contributed by atoms with Gasteiger partial charge in [0, 0.05) is 29.4 Å². The Bertz CT molecular complexity index is 694. The van der Waals surface area contributed by atoms with Crippen molar-refractivity contribution in [3.05, 3.63) is 40.0 Å². The van der Waals surface area contributed by atoms with Gasteiger partial charge in [-0.25, -0.2) is 0 Å². The van der Waals surface area contributed by atoms with Crippen LogP contribution < -0.4 is 10.1 Å². The molecule has 1 amide bonds. The Morgan fingerprint density at radius 1 is 1.46 bits per heavy atom. The minimum atomic E-state index is -2.92. The molecule has 24 heavy (non-hydrogen) atoms. The summed E-state index contributed by atoms with van der Waals surface area (Å²) in [5.41, 5.74) is 0.463. The molecule has 0 aliphatic carbocycles. The molecule has 1 N–H and O–H groups in total. The molecule has 130 valence electrons. The number of halogens is 3. The van der Waals surface area contributed by atoms with E-state index in [0.29, 0.717) is 34.6 Å². The van der Waals surface area contributed by atoms with Crippen molar-refractivity contribution < 1.29 is 22.8 Å². The number of nitrogens with one attached hydrogen (secondary N) is 1. The van der Waals surface area contributed by atoms with Crippen LogP contribution in [0.15, 0.2) is 27.2 Å². The summed E-state index contributed by atoms with van der Waals surface area (Å²) in [6.45, 7) is -1.10. The number of benzene rings is 1. The van der Waals surface area contributed by atoms with Crippen LogP contribution in [0.5, 0.6) is 5.75 Å². The smallest absolute Gasteiger partial charge is 0.387 e. The summed E-state index contributed by atoms with van der Waals surface area (Å²) in [7, 11) is 0. The second-order valence-electron chi connectivity index (χ2n) is 5.00. The molecular weight excluding hydrogens is 388 g/mol. The van der Waals surface area contributed by atoms with E-state index in [9.17, 15) is 13.6 Å². The Hall–Kier alpha value is -2.03. The Kier molecular flexibility index (Phi) is 6.65. The number of aromatic nitrogens is 2. The van der Waals surface area contributed by atoms with E-state index in [1.807, 2.05) is 0 Å². The lowest BCUT2D eigenvalue weighted by atomic mass is 10.2. The summed E-state index contributed by atoms with van der Waals surface area (Å²) in [5.74, 6) is 0.875. The Balaban J connectivity index is 1.81. The van der Waals surface area contributed by atoms with E-state index in [1.165, 1.54) is 6.07 Å². The van der Waals surface area contributed by atoms with Gasteiger partial charge in [0.15, 0.2) is 5.82 Å². The highest BCUT2D eigenvalue weighted by atomic mass is 79.9. The minimum Gasteiger partial charge on any atom is -0.434 e. The number of hydrogen-bond donors (Lipinski definition) is 1. The molecule has 6 nitrogen and oxygen atoms in total. The maximum Gasteiger partial charge on any atom is 0.387 e. The summed E-state index contributed by atoms with van der Waals surface area (Å²) < 4.78 is 34.9. The quantitative estimate of drug-likeness (QED) is 0.730. The first-order chi connectivity index (χ1) is 11.4. The third-order valence-corrected chi connectivity index (χ3v) is 3.57. The predicted molar refractivity (Wildman–Crippen MR) is 84.6 cm³/mol. The van der Waals surface area contributed by atoms with Gasteiger partial charge in [-0.1, -0.05) is 21.1 Å². The fourth-order valence-electron chi connectivity index (χ4n) is 2.02. The first-order valence-corrected chi connectivity index (χ1v) is 8.02. The second-order valence-corrected chi connectivity index (χ2v) is 5.91. The molecule has 9 heteroatoms. The molecule has 2 rings (SSSR count). The summed E-state index contributed by atoms with van der Waals surface area (Å²) in [4.78, 5) is 15.9. The summed E-state index contributed by atoms with van der Waals surface area (Å²) in [6, 6.07) is 4.64. The molecule has 1 heterocycles. The molecule has 0 atom stereocenters. The predicted octanol–water partition coefficient (Wildman–Crippen LogP) is 3.38. The van der Waals surface area contributed by atoms with Gasteiger partial charge in [0.2, 0.25) is 11.8 Å². The average molecular weight is 404 g/mol. The maximum absolute atomic E-state index is 12.4. The molecule has 0 aliphatic heterocycles. The molecular formula is C15H16BrF2N3O3. The SMILES string of the molecule is Cc1noc(CCCC(=O)NCc2cc(Br)ccc2OC(F)F)n1. The van der Waals surface area contributed by atoms with E-state index >= 15 is 0 Å². The van der Waals surface area contributed by atoms with E-state index in [4.69, 9.17) is 4.52 Å². The molecule has 1 aromatic carbocycles. The molecule has 0 saturated carbocycles. The molecule has 0 saturated heterocycles. The van der Waals surface area contributed by atoms with Crippen molar-refractivity contribution in [2.24, 2.45) is 0 Å². The van der Waals surface area contributed by atoms with Crippen LogP contribution >= 0.6 is 15.9 Å². The van der Waals surface area contributed by atoms with Crippen LogP contribution in [0, 0.1) is 6.92 Å². The zero-order valence-electron chi connectivity index (χ0n) is 12.9. The average Bonchev–Trinajstić information content (AvgIpc) is 2.92. The van der Waals surface area contributed by atoms with E-state index in [2.05, 4.69) is 36.1 Å². The lowest BCUT2D eigenvalue weighted by molar-refractivity contribution is -0.121. The van der Waals surface area contributed by atoms with Crippen LogP contribution in [-0.4, -0.2) is 22.7 Å². The molecule has 0 fully saturated rings. The number of nitrogens with zero attached hydrogens (tertiary/aromatic N) is 2. The highest BCUT2D eigenvalue weighted by molar-refractivity contribution is 9.10. The van der Waals surface area contributed by atoms with Crippen LogP contribution in [0.1, 0.15) is 30.1 Å². The molecule has 0 unspecified atom stereocenters. The van der Waals surface area contributed by atoms with E-state index < -0.39 is 6.61 Å². The number of carbonyl (C=O) groups is 1. The molecule has 0 bridgehead atoms. The molecule has 1 aromatic heterocycles. The molecule has 0 spiro atoms. The first kappa shape index (κ1) is 18.3. The number of aryl methyl sites for hydroxylation is 2. The molecule has 0 aliphatic rings. The zero-order chi connectivity index (χ0) is 17.5. The fraction of sp³-hybridized carbons (Fsp3) is 0.400. The van der Waals surface area contributed by atoms with Gasteiger partial charge < -0.3 is 14.6 Å². The van der Waals surface area contributed by atoms with Crippen LogP contribution in [0.2, 0.25) is 0 Å². The van der Waals surface area contributed by atoms with Gasteiger partial charge in [-0.3, -0.25) is 4.79 Å². The largest absolute Gasteiger partial charge is 0.434 e. The number of alkyl halides is 2. The van der Waals surface area contributed by atoms with E-state index in [1.54, 1.807) is 19.1 Å². The van der Waals surface area contributed by atoms with E-state index in [0.717, 1.165) is 0 Å². The zero-order valence-corrected chi connectivity index (χ0v) is 14.5. The van der Waals surface area contributed by atoms with Crippen molar-refractivity contribution in [3.63, 3.8) is 0 Å². The lowest BCUT2D eigenvalue weighted by Crippen LogP contribution is -2.23. The Labute approximate surface area is 145 Å². The van der Waals surface area contributed by atoms with Crippen molar-refractivity contribution in [2.45, 2.75) is 39.3 Å². The fourth-order valence-corrected chi connectivity index (χ4v) is 2.43. The lowest BCUT2D eigenvalue weighted by Gasteiger charge is -2.12. The molecule has 2 aromatic rings. The van der Waals surface area contributed by atoms with Gasteiger partial charge in [-0.15, -0.1) is 0 Å². The van der Waals surface area contributed by atoms with Crippen LogP contribution in [0.25, 0.3) is 0 Å². The van der Waals surface area contributed by atoms with Crippen molar-refractivity contribution >= 4 is 21.8 Å². The third kappa shape index (κ3) is 5.88.